The highest BCUT2D eigenvalue weighted by Gasteiger charge is 2.12. The molecule has 6 heteroatoms. The van der Waals surface area contributed by atoms with E-state index in [0.717, 1.165) is 11.1 Å². The molecule has 0 bridgehead atoms. The summed E-state index contributed by atoms with van der Waals surface area (Å²) in [5.41, 5.74) is 2.65. The van der Waals surface area contributed by atoms with Crippen LogP contribution in [0.4, 0.5) is 0 Å². The summed E-state index contributed by atoms with van der Waals surface area (Å²) in [6.07, 6.45) is 2.88. The van der Waals surface area contributed by atoms with Gasteiger partial charge < -0.3 is 9.47 Å². The molecule has 122 valence electrons. The van der Waals surface area contributed by atoms with Crippen LogP contribution in [0.2, 0.25) is 0 Å². The molecule has 0 aliphatic rings. The van der Waals surface area contributed by atoms with Crippen molar-refractivity contribution in [3.8, 4) is 12.1 Å². The average molecular weight is 324 g/mol. The van der Waals surface area contributed by atoms with Crippen molar-refractivity contribution in [1.82, 2.24) is 0 Å². The van der Waals surface area contributed by atoms with Crippen molar-refractivity contribution in [2.45, 2.75) is 13.8 Å². The lowest BCUT2D eigenvalue weighted by molar-refractivity contribution is -0.136. The van der Waals surface area contributed by atoms with Crippen LogP contribution in [0.1, 0.15) is 22.3 Å². The van der Waals surface area contributed by atoms with Gasteiger partial charge >= 0.3 is 11.9 Å². The Morgan fingerprint density at radius 2 is 1.21 bits per heavy atom. The van der Waals surface area contributed by atoms with E-state index < -0.39 is 11.9 Å². The van der Waals surface area contributed by atoms with E-state index in [-0.39, 0.29) is 11.1 Å². The lowest BCUT2D eigenvalue weighted by atomic mass is 9.97. The van der Waals surface area contributed by atoms with Gasteiger partial charge in [0.05, 0.1) is 14.2 Å². The second kappa shape index (κ2) is 8.30. The number of carbonyl (C=O) groups is 2. The smallest absolute Gasteiger partial charge is 0.348 e. The summed E-state index contributed by atoms with van der Waals surface area (Å²) < 4.78 is 9.10. The molecule has 0 aliphatic carbocycles. The van der Waals surface area contributed by atoms with Crippen molar-refractivity contribution >= 4 is 24.1 Å². The lowest BCUT2D eigenvalue weighted by Crippen LogP contribution is -2.04. The summed E-state index contributed by atoms with van der Waals surface area (Å²) in [7, 11) is 2.41. The standard InChI is InChI=1S/C18H16N2O4/c1-11-5-14(8-16(10-20)18(22)24-4)12(2)6-13(11)7-15(9-19)17(21)23-3/h5-8H,1-4H3. The van der Waals surface area contributed by atoms with Crippen molar-refractivity contribution in [2.75, 3.05) is 14.2 Å². The Hall–Kier alpha value is -3.38. The normalized spacial score (nSPS) is 11.2. The number of benzene rings is 1. The predicted molar refractivity (Wildman–Crippen MR) is 87.1 cm³/mol. The van der Waals surface area contributed by atoms with Crippen LogP contribution in [0.3, 0.4) is 0 Å². The van der Waals surface area contributed by atoms with Crippen LogP contribution in [0, 0.1) is 36.5 Å². The van der Waals surface area contributed by atoms with E-state index in [2.05, 4.69) is 9.47 Å². The van der Waals surface area contributed by atoms with Gasteiger partial charge in [-0.2, -0.15) is 10.5 Å². The fourth-order valence-corrected chi connectivity index (χ4v) is 1.98. The Labute approximate surface area is 140 Å². The molecule has 0 radical (unpaired) electrons. The second-order valence-corrected chi connectivity index (χ2v) is 4.89. The van der Waals surface area contributed by atoms with Gasteiger partial charge in [-0.15, -0.1) is 0 Å². The number of nitriles is 2. The maximum atomic E-state index is 11.5. The highest BCUT2D eigenvalue weighted by molar-refractivity contribution is 5.99. The largest absolute Gasteiger partial charge is 0.465 e. The van der Waals surface area contributed by atoms with Gasteiger partial charge in [-0.1, -0.05) is 12.1 Å². The van der Waals surface area contributed by atoms with E-state index in [1.807, 2.05) is 0 Å². The maximum Gasteiger partial charge on any atom is 0.348 e. The van der Waals surface area contributed by atoms with Crippen LogP contribution < -0.4 is 0 Å². The van der Waals surface area contributed by atoms with Gasteiger partial charge in [0, 0.05) is 0 Å². The summed E-state index contributed by atoms with van der Waals surface area (Å²) in [5, 5.41) is 18.1. The molecule has 0 amide bonds. The third-order valence-corrected chi connectivity index (χ3v) is 3.31. The third-order valence-electron chi connectivity index (χ3n) is 3.31. The first-order chi connectivity index (χ1) is 11.4. The highest BCUT2D eigenvalue weighted by atomic mass is 16.5. The van der Waals surface area contributed by atoms with Gasteiger partial charge in [-0.05, 0) is 48.3 Å². The van der Waals surface area contributed by atoms with E-state index in [4.69, 9.17) is 10.5 Å². The van der Waals surface area contributed by atoms with E-state index in [1.54, 1.807) is 38.1 Å². The van der Waals surface area contributed by atoms with Gasteiger partial charge in [0.1, 0.15) is 23.3 Å². The molecule has 0 spiro atoms. The number of nitrogens with zero attached hydrogens (tertiary/aromatic N) is 2. The minimum absolute atomic E-state index is 0.115. The van der Waals surface area contributed by atoms with Gasteiger partial charge in [-0.3, -0.25) is 0 Å². The molecule has 0 aliphatic heterocycles. The number of hydrogen-bond donors (Lipinski definition) is 0. The molecule has 0 aromatic heterocycles. The van der Waals surface area contributed by atoms with Crippen molar-refractivity contribution in [1.29, 1.82) is 10.5 Å². The molecule has 0 unspecified atom stereocenters. The van der Waals surface area contributed by atoms with Crippen LogP contribution in [-0.2, 0) is 19.1 Å². The van der Waals surface area contributed by atoms with Crippen LogP contribution in [0.25, 0.3) is 12.2 Å². The minimum atomic E-state index is -0.712. The molecule has 0 N–H and O–H groups in total. The number of rotatable bonds is 4. The molecule has 0 saturated heterocycles. The Bertz CT molecular complexity index is 751. The van der Waals surface area contributed by atoms with Gasteiger partial charge in [-0.25, -0.2) is 9.59 Å². The molecule has 0 saturated carbocycles. The summed E-state index contributed by atoms with van der Waals surface area (Å²) in [5.74, 6) is -1.42. The number of carbonyl (C=O) groups excluding carboxylic acids is 2. The zero-order valence-corrected chi connectivity index (χ0v) is 13.8. The second-order valence-electron chi connectivity index (χ2n) is 4.89. The third kappa shape index (κ3) is 4.31. The van der Waals surface area contributed by atoms with Gasteiger partial charge in [0.15, 0.2) is 0 Å². The Morgan fingerprint density at radius 1 is 0.875 bits per heavy atom. The number of hydrogen-bond acceptors (Lipinski definition) is 6. The zero-order chi connectivity index (χ0) is 18.3. The summed E-state index contributed by atoms with van der Waals surface area (Å²) in [6.45, 7) is 3.58. The van der Waals surface area contributed by atoms with Crippen molar-refractivity contribution in [2.24, 2.45) is 0 Å². The zero-order valence-electron chi connectivity index (χ0n) is 13.8. The molecule has 0 fully saturated rings. The average Bonchev–Trinajstić information content (AvgIpc) is 2.59. The van der Waals surface area contributed by atoms with Gasteiger partial charge in [0.2, 0.25) is 0 Å². The van der Waals surface area contributed by atoms with Crippen molar-refractivity contribution in [3.63, 3.8) is 0 Å². The Morgan fingerprint density at radius 3 is 1.46 bits per heavy atom. The fourth-order valence-electron chi connectivity index (χ4n) is 1.98. The van der Waals surface area contributed by atoms with Crippen molar-refractivity contribution in [3.05, 3.63) is 45.5 Å². The van der Waals surface area contributed by atoms with Crippen molar-refractivity contribution < 1.29 is 19.1 Å². The maximum absolute atomic E-state index is 11.5. The first-order valence-electron chi connectivity index (χ1n) is 6.89. The summed E-state index contributed by atoms with van der Waals surface area (Å²) in [6, 6.07) is 7.11. The molecule has 6 nitrogen and oxygen atoms in total. The Balaban J connectivity index is 3.39. The van der Waals surface area contributed by atoms with E-state index >= 15 is 0 Å². The van der Waals surface area contributed by atoms with Crippen LogP contribution in [0.5, 0.6) is 0 Å². The molecule has 1 aromatic rings. The molecule has 1 aromatic carbocycles. The molecular formula is C18H16N2O4. The topological polar surface area (TPSA) is 100 Å². The fraction of sp³-hybridized carbons (Fsp3) is 0.222. The highest BCUT2D eigenvalue weighted by Crippen LogP contribution is 2.21. The van der Waals surface area contributed by atoms with E-state index in [9.17, 15) is 9.59 Å². The van der Waals surface area contributed by atoms with Crippen LogP contribution in [-0.4, -0.2) is 26.2 Å². The predicted octanol–water partition coefficient (Wildman–Crippen LogP) is 2.46. The van der Waals surface area contributed by atoms with Gasteiger partial charge in [0.25, 0.3) is 0 Å². The van der Waals surface area contributed by atoms with E-state index in [1.165, 1.54) is 26.4 Å². The molecule has 0 atom stereocenters. The number of methoxy groups -OCH3 is 2. The SMILES string of the molecule is COC(=O)C(C#N)=Cc1cc(C)c(C=C(C#N)C(=O)OC)cc1C. The van der Waals surface area contributed by atoms with Crippen LogP contribution in [0.15, 0.2) is 23.3 Å². The number of ether oxygens (including phenoxy) is 2. The summed E-state index contributed by atoms with van der Waals surface area (Å²) in [4.78, 5) is 23.0. The minimum Gasteiger partial charge on any atom is -0.465 e. The number of esters is 2. The monoisotopic (exact) mass is 324 g/mol. The quantitative estimate of drug-likeness (QED) is 0.479. The molecule has 1 rings (SSSR count). The molecule has 24 heavy (non-hydrogen) atoms. The Kier molecular flexibility index (Phi) is 6.46. The molecular weight excluding hydrogens is 308 g/mol. The lowest BCUT2D eigenvalue weighted by Gasteiger charge is -2.08. The van der Waals surface area contributed by atoms with E-state index in [0.29, 0.717) is 11.1 Å². The first kappa shape index (κ1) is 18.7. The van der Waals surface area contributed by atoms with Crippen LogP contribution >= 0.6 is 0 Å². The first-order valence-corrected chi connectivity index (χ1v) is 6.89. The summed E-state index contributed by atoms with van der Waals surface area (Å²) >= 11 is 0. The molecule has 0 heterocycles. The number of aryl methyl sites for hydroxylation is 2.